The van der Waals surface area contributed by atoms with E-state index in [0.717, 1.165) is 18.5 Å². The van der Waals surface area contributed by atoms with Gasteiger partial charge in [0.1, 0.15) is 0 Å². The Kier molecular flexibility index (Phi) is 2.47. The average molecular weight is 202 g/mol. The van der Waals surface area contributed by atoms with E-state index in [1.807, 2.05) is 0 Å². The van der Waals surface area contributed by atoms with Crippen molar-refractivity contribution < 1.29 is 0 Å². The zero-order chi connectivity index (χ0) is 10.1. The van der Waals surface area contributed by atoms with Gasteiger partial charge in [0.05, 0.1) is 0 Å². The molecule has 2 atom stereocenters. The fourth-order valence-corrected chi connectivity index (χ4v) is 2.84. The molecule has 0 saturated carbocycles. The van der Waals surface area contributed by atoms with Crippen LogP contribution in [0.4, 0.5) is 0 Å². The van der Waals surface area contributed by atoms with Crippen molar-refractivity contribution in [3.8, 4) is 0 Å². The van der Waals surface area contributed by atoms with E-state index in [9.17, 15) is 0 Å². The first-order chi connectivity index (χ1) is 7.43. The summed E-state index contributed by atoms with van der Waals surface area (Å²) in [5.41, 5.74) is 1.45. The number of likely N-dealkylation sites (tertiary alicyclic amines) is 1. The van der Waals surface area contributed by atoms with Gasteiger partial charge in [-0.3, -0.25) is 4.90 Å². The summed E-state index contributed by atoms with van der Waals surface area (Å²) in [5, 5.41) is 3.49. The highest BCUT2D eigenvalue weighted by Crippen LogP contribution is 2.30. The number of nitrogens with zero attached hydrogens (tertiary/aromatic N) is 1. The largest absolute Gasteiger partial charge is 0.315 e. The lowest BCUT2D eigenvalue weighted by atomic mass is 9.83. The molecule has 2 saturated heterocycles. The van der Waals surface area contributed by atoms with E-state index in [1.165, 1.54) is 31.6 Å². The molecule has 0 aliphatic carbocycles. The molecule has 0 bridgehead atoms. The number of nitrogens with one attached hydrogen (secondary N) is 1. The van der Waals surface area contributed by atoms with Gasteiger partial charge in [-0.2, -0.15) is 0 Å². The molecule has 3 rings (SSSR count). The predicted molar refractivity (Wildman–Crippen MR) is 61.6 cm³/mol. The Bertz CT molecular complexity index is 323. The van der Waals surface area contributed by atoms with Gasteiger partial charge in [-0.05, 0) is 24.4 Å². The third-order valence-electron chi connectivity index (χ3n) is 3.76. The Morgan fingerprint density at radius 3 is 2.93 bits per heavy atom. The van der Waals surface area contributed by atoms with Gasteiger partial charge < -0.3 is 5.32 Å². The number of hydrogen-bond donors (Lipinski definition) is 1. The van der Waals surface area contributed by atoms with Crippen LogP contribution in [0, 0.1) is 5.92 Å². The van der Waals surface area contributed by atoms with Crippen LogP contribution in [0.5, 0.6) is 0 Å². The van der Waals surface area contributed by atoms with Gasteiger partial charge in [-0.15, -0.1) is 0 Å². The molecular formula is C13H18N2. The van der Waals surface area contributed by atoms with E-state index in [4.69, 9.17) is 0 Å². The number of hydrogen-bond acceptors (Lipinski definition) is 2. The first kappa shape index (κ1) is 9.37. The van der Waals surface area contributed by atoms with E-state index in [-0.39, 0.29) is 0 Å². The normalized spacial score (nSPS) is 30.7. The van der Waals surface area contributed by atoms with Crippen LogP contribution < -0.4 is 5.32 Å². The summed E-state index contributed by atoms with van der Waals surface area (Å²) in [6, 6.07) is 11.6. The Hall–Kier alpha value is -0.860. The quantitative estimate of drug-likeness (QED) is 0.781. The minimum Gasteiger partial charge on any atom is -0.315 e. The van der Waals surface area contributed by atoms with E-state index >= 15 is 0 Å². The minimum absolute atomic E-state index is 0.805. The number of fused-ring (bicyclic) bond motifs is 1. The summed E-state index contributed by atoms with van der Waals surface area (Å²) < 4.78 is 0. The molecular weight excluding hydrogens is 184 g/mol. The number of rotatable bonds is 2. The molecule has 1 aromatic carbocycles. The maximum atomic E-state index is 3.49. The molecule has 0 aromatic heterocycles. The molecule has 2 nitrogen and oxygen atoms in total. The van der Waals surface area contributed by atoms with Crippen LogP contribution >= 0.6 is 0 Å². The fraction of sp³-hybridized carbons (Fsp3) is 0.538. The lowest BCUT2D eigenvalue weighted by Crippen LogP contribution is -2.62. The highest BCUT2D eigenvalue weighted by Gasteiger charge is 2.39. The minimum atomic E-state index is 0.805. The smallest absolute Gasteiger partial charge is 0.0265 e. The molecule has 2 heteroatoms. The van der Waals surface area contributed by atoms with E-state index < -0.39 is 0 Å². The summed E-state index contributed by atoms with van der Waals surface area (Å²) in [6.07, 6.45) is 1.37. The fourth-order valence-electron chi connectivity index (χ4n) is 2.84. The van der Waals surface area contributed by atoms with Crippen molar-refractivity contribution in [2.24, 2.45) is 5.92 Å². The molecule has 2 aliphatic rings. The second kappa shape index (κ2) is 3.95. The number of piperidine rings is 1. The molecule has 2 fully saturated rings. The van der Waals surface area contributed by atoms with Gasteiger partial charge in [0.15, 0.2) is 0 Å². The van der Waals surface area contributed by atoms with E-state index in [2.05, 4.69) is 40.5 Å². The Morgan fingerprint density at radius 1 is 1.27 bits per heavy atom. The van der Waals surface area contributed by atoms with Crippen LogP contribution in [0.25, 0.3) is 0 Å². The van der Waals surface area contributed by atoms with Crippen LogP contribution in [0.15, 0.2) is 30.3 Å². The second-order valence-electron chi connectivity index (χ2n) is 4.74. The molecule has 2 heterocycles. The van der Waals surface area contributed by atoms with Crippen LogP contribution in [-0.4, -0.2) is 30.6 Å². The van der Waals surface area contributed by atoms with Crippen molar-refractivity contribution in [1.82, 2.24) is 10.2 Å². The maximum absolute atomic E-state index is 3.49. The van der Waals surface area contributed by atoms with Gasteiger partial charge >= 0.3 is 0 Å². The highest BCUT2D eigenvalue weighted by atomic mass is 15.3. The van der Waals surface area contributed by atoms with Crippen LogP contribution in [0.1, 0.15) is 12.0 Å². The summed E-state index contributed by atoms with van der Waals surface area (Å²) in [5.74, 6) is 0.968. The molecule has 0 radical (unpaired) electrons. The second-order valence-corrected chi connectivity index (χ2v) is 4.74. The van der Waals surface area contributed by atoms with Gasteiger partial charge in [0, 0.05) is 25.7 Å². The lowest BCUT2D eigenvalue weighted by Gasteiger charge is -2.51. The third kappa shape index (κ3) is 1.80. The van der Waals surface area contributed by atoms with Gasteiger partial charge in [0.2, 0.25) is 0 Å². The van der Waals surface area contributed by atoms with Crippen LogP contribution in [0.3, 0.4) is 0 Å². The van der Waals surface area contributed by atoms with Gasteiger partial charge in [-0.25, -0.2) is 0 Å². The Balaban J connectivity index is 1.61. The third-order valence-corrected chi connectivity index (χ3v) is 3.76. The summed E-state index contributed by atoms with van der Waals surface area (Å²) >= 11 is 0. The van der Waals surface area contributed by atoms with E-state index in [0.29, 0.717) is 0 Å². The first-order valence-corrected chi connectivity index (χ1v) is 5.92. The monoisotopic (exact) mass is 202 g/mol. The van der Waals surface area contributed by atoms with Crippen molar-refractivity contribution in [2.45, 2.75) is 19.0 Å². The van der Waals surface area contributed by atoms with Crippen molar-refractivity contribution in [1.29, 1.82) is 0 Å². The Labute approximate surface area is 91.3 Å². The topological polar surface area (TPSA) is 15.3 Å². The number of benzene rings is 1. The molecule has 0 unspecified atom stereocenters. The maximum Gasteiger partial charge on any atom is 0.0265 e. The molecule has 0 spiro atoms. The molecule has 0 amide bonds. The van der Waals surface area contributed by atoms with Crippen molar-refractivity contribution in [2.75, 3.05) is 19.6 Å². The molecule has 2 aliphatic heterocycles. The van der Waals surface area contributed by atoms with Crippen LogP contribution in [0.2, 0.25) is 0 Å². The summed E-state index contributed by atoms with van der Waals surface area (Å²) in [7, 11) is 0. The van der Waals surface area contributed by atoms with Crippen molar-refractivity contribution in [3.63, 3.8) is 0 Å². The lowest BCUT2D eigenvalue weighted by molar-refractivity contribution is -0.0114. The summed E-state index contributed by atoms with van der Waals surface area (Å²) in [4.78, 5) is 2.60. The zero-order valence-corrected chi connectivity index (χ0v) is 9.02. The van der Waals surface area contributed by atoms with Crippen molar-refractivity contribution in [3.05, 3.63) is 35.9 Å². The zero-order valence-electron chi connectivity index (χ0n) is 9.02. The molecule has 15 heavy (non-hydrogen) atoms. The molecule has 1 aromatic rings. The van der Waals surface area contributed by atoms with E-state index in [1.54, 1.807) is 0 Å². The van der Waals surface area contributed by atoms with Crippen molar-refractivity contribution >= 4 is 0 Å². The van der Waals surface area contributed by atoms with Crippen LogP contribution in [-0.2, 0) is 6.54 Å². The highest BCUT2D eigenvalue weighted by molar-refractivity contribution is 5.15. The Morgan fingerprint density at radius 2 is 2.13 bits per heavy atom. The average Bonchev–Trinajstić information content (AvgIpc) is 2.27. The predicted octanol–water partition coefficient (Wildman–Crippen LogP) is 1.48. The van der Waals surface area contributed by atoms with Gasteiger partial charge in [-0.1, -0.05) is 30.3 Å². The standard InChI is InChI=1S/C13H18N2/c1-2-4-11(5-3-1)9-15-10-12-6-7-14-8-13(12)15/h1-5,12-14H,6-10H2/t12-,13-/m0/s1. The SMILES string of the molecule is c1ccc(CN2C[C@@H]3CCNC[C@@H]32)cc1. The summed E-state index contributed by atoms with van der Waals surface area (Å²) in [6.45, 7) is 4.85. The first-order valence-electron chi connectivity index (χ1n) is 5.92. The molecule has 80 valence electrons. The molecule has 1 N–H and O–H groups in total. The van der Waals surface area contributed by atoms with Gasteiger partial charge in [0.25, 0.3) is 0 Å².